The van der Waals surface area contributed by atoms with E-state index < -0.39 is 33.6 Å². The summed E-state index contributed by atoms with van der Waals surface area (Å²) in [6.07, 6.45) is 1.05. The molecule has 0 spiro atoms. The Morgan fingerprint density at radius 1 is 1.23 bits per heavy atom. The zero-order chi connectivity index (χ0) is 19.1. The maximum absolute atomic E-state index is 12.9. The van der Waals surface area contributed by atoms with Gasteiger partial charge >= 0.3 is 0 Å². The van der Waals surface area contributed by atoms with Gasteiger partial charge in [0.15, 0.2) is 9.84 Å². The van der Waals surface area contributed by atoms with Crippen molar-refractivity contribution in [2.45, 2.75) is 38.8 Å². The average molecular weight is 378 g/mol. The van der Waals surface area contributed by atoms with Gasteiger partial charge in [0, 0.05) is 12.1 Å². The molecular weight excluding hydrogens is 356 g/mol. The van der Waals surface area contributed by atoms with Crippen LogP contribution in [0.3, 0.4) is 0 Å². The summed E-state index contributed by atoms with van der Waals surface area (Å²) in [7, 11) is -3.15. The summed E-state index contributed by atoms with van der Waals surface area (Å²) in [5.74, 6) is -1.36. The first-order valence-electron chi connectivity index (χ1n) is 8.72. The van der Waals surface area contributed by atoms with E-state index in [0.29, 0.717) is 24.0 Å². The van der Waals surface area contributed by atoms with Crippen LogP contribution in [0.5, 0.6) is 0 Å². The van der Waals surface area contributed by atoms with Crippen molar-refractivity contribution in [3.63, 3.8) is 0 Å². The van der Waals surface area contributed by atoms with Gasteiger partial charge in [-0.1, -0.05) is 19.1 Å². The Labute approximate surface area is 152 Å². The summed E-state index contributed by atoms with van der Waals surface area (Å²) >= 11 is 0. The van der Waals surface area contributed by atoms with Gasteiger partial charge in [-0.25, -0.2) is 8.42 Å². The van der Waals surface area contributed by atoms with E-state index in [1.54, 1.807) is 29.2 Å². The molecule has 2 aliphatic heterocycles. The number of imide groups is 1. The van der Waals surface area contributed by atoms with Crippen LogP contribution in [0, 0.1) is 0 Å². The van der Waals surface area contributed by atoms with Crippen LogP contribution >= 0.6 is 0 Å². The molecule has 0 aromatic heterocycles. The second-order valence-corrected chi connectivity index (χ2v) is 9.09. The summed E-state index contributed by atoms with van der Waals surface area (Å²) in [5, 5.41) is 0. The van der Waals surface area contributed by atoms with Crippen molar-refractivity contribution in [2.24, 2.45) is 0 Å². The summed E-state index contributed by atoms with van der Waals surface area (Å²) < 4.78 is 23.6. The Kier molecular flexibility index (Phi) is 4.88. The Hall–Kier alpha value is -2.22. The van der Waals surface area contributed by atoms with E-state index in [9.17, 15) is 22.8 Å². The van der Waals surface area contributed by atoms with Crippen LogP contribution in [-0.4, -0.2) is 66.1 Å². The molecule has 0 unspecified atom stereocenters. The highest BCUT2D eigenvalue weighted by molar-refractivity contribution is 7.91. The molecule has 0 aliphatic carbocycles. The van der Waals surface area contributed by atoms with Gasteiger partial charge < -0.3 is 4.90 Å². The van der Waals surface area contributed by atoms with E-state index in [2.05, 4.69) is 0 Å². The molecule has 1 aromatic rings. The van der Waals surface area contributed by atoms with Crippen molar-refractivity contribution in [1.29, 1.82) is 0 Å². The Bertz CT molecular complexity index is 829. The molecule has 3 amide bonds. The lowest BCUT2D eigenvalue weighted by atomic mass is 10.1. The number of benzene rings is 1. The van der Waals surface area contributed by atoms with E-state index in [1.165, 1.54) is 0 Å². The number of nitrogens with zero attached hydrogens (tertiary/aromatic N) is 2. The van der Waals surface area contributed by atoms with E-state index >= 15 is 0 Å². The van der Waals surface area contributed by atoms with Crippen molar-refractivity contribution in [3.05, 3.63) is 35.4 Å². The molecule has 0 N–H and O–H groups in total. The maximum atomic E-state index is 12.9. The third-order valence-electron chi connectivity index (χ3n) is 5.13. The van der Waals surface area contributed by atoms with Crippen LogP contribution in [0.1, 0.15) is 47.4 Å². The molecule has 0 radical (unpaired) electrons. The predicted molar refractivity (Wildman–Crippen MR) is 95.5 cm³/mol. The molecule has 2 heterocycles. The molecule has 1 saturated heterocycles. The minimum absolute atomic E-state index is 0.0604. The van der Waals surface area contributed by atoms with Gasteiger partial charge in [0.05, 0.1) is 22.6 Å². The first-order chi connectivity index (χ1) is 12.2. The molecule has 140 valence electrons. The smallest absolute Gasteiger partial charge is 0.262 e. The van der Waals surface area contributed by atoms with Gasteiger partial charge in [-0.15, -0.1) is 0 Å². The number of fused-ring (bicyclic) bond motifs is 1. The largest absolute Gasteiger partial charge is 0.334 e. The van der Waals surface area contributed by atoms with Gasteiger partial charge in [-0.3, -0.25) is 19.3 Å². The quantitative estimate of drug-likeness (QED) is 0.716. The lowest BCUT2D eigenvalue weighted by molar-refractivity contribution is -0.135. The molecule has 8 heteroatoms. The fraction of sp³-hybridized carbons (Fsp3) is 0.500. The van der Waals surface area contributed by atoms with E-state index in [4.69, 9.17) is 0 Å². The van der Waals surface area contributed by atoms with E-state index in [-0.39, 0.29) is 24.1 Å². The number of carbonyl (C=O) groups excluding carboxylic acids is 3. The fourth-order valence-corrected chi connectivity index (χ4v) is 5.31. The molecule has 1 fully saturated rings. The molecule has 26 heavy (non-hydrogen) atoms. The van der Waals surface area contributed by atoms with Crippen molar-refractivity contribution >= 4 is 27.6 Å². The van der Waals surface area contributed by atoms with Gasteiger partial charge in [-0.05, 0) is 31.9 Å². The molecule has 2 aliphatic rings. The van der Waals surface area contributed by atoms with Crippen LogP contribution < -0.4 is 0 Å². The summed E-state index contributed by atoms with van der Waals surface area (Å²) in [6.45, 7) is 3.40. The first-order valence-corrected chi connectivity index (χ1v) is 10.5. The predicted octanol–water partition coefficient (Wildman–Crippen LogP) is 1.10. The zero-order valence-electron chi connectivity index (χ0n) is 14.8. The number of hydrogen-bond donors (Lipinski definition) is 0. The molecule has 1 aromatic carbocycles. The monoisotopic (exact) mass is 378 g/mol. The van der Waals surface area contributed by atoms with Crippen LogP contribution in [0.25, 0.3) is 0 Å². The Morgan fingerprint density at radius 3 is 2.27 bits per heavy atom. The topological polar surface area (TPSA) is 91.8 Å². The molecule has 7 nitrogen and oxygen atoms in total. The van der Waals surface area contributed by atoms with Gasteiger partial charge in [0.25, 0.3) is 11.8 Å². The van der Waals surface area contributed by atoms with E-state index in [0.717, 1.165) is 4.90 Å². The second kappa shape index (κ2) is 6.83. The van der Waals surface area contributed by atoms with Gasteiger partial charge in [0.1, 0.15) is 6.54 Å². The highest BCUT2D eigenvalue weighted by Gasteiger charge is 2.40. The highest BCUT2D eigenvalue weighted by Crippen LogP contribution is 2.25. The van der Waals surface area contributed by atoms with Crippen LogP contribution in [0.4, 0.5) is 0 Å². The Balaban J connectivity index is 1.81. The Morgan fingerprint density at radius 2 is 1.81 bits per heavy atom. The van der Waals surface area contributed by atoms with Gasteiger partial charge in [0.2, 0.25) is 5.91 Å². The number of amides is 3. The molecule has 0 bridgehead atoms. The normalized spacial score (nSPS) is 22.4. The molecular formula is C18H22N2O5S. The van der Waals surface area contributed by atoms with Crippen molar-refractivity contribution < 1.29 is 22.8 Å². The van der Waals surface area contributed by atoms with Gasteiger partial charge in [-0.2, -0.15) is 0 Å². The maximum Gasteiger partial charge on any atom is 0.262 e. The summed E-state index contributed by atoms with van der Waals surface area (Å²) in [4.78, 5) is 40.4. The molecule has 0 saturated carbocycles. The lowest BCUT2D eigenvalue weighted by Crippen LogP contribution is -2.51. The minimum atomic E-state index is -3.15. The third kappa shape index (κ3) is 3.25. The minimum Gasteiger partial charge on any atom is -0.334 e. The second-order valence-electron chi connectivity index (χ2n) is 6.86. The average Bonchev–Trinajstić information content (AvgIpc) is 3.07. The number of sulfone groups is 1. The third-order valence-corrected chi connectivity index (χ3v) is 6.88. The van der Waals surface area contributed by atoms with Crippen LogP contribution in [0.15, 0.2) is 24.3 Å². The zero-order valence-corrected chi connectivity index (χ0v) is 15.7. The van der Waals surface area contributed by atoms with Crippen LogP contribution in [-0.2, 0) is 14.6 Å². The summed E-state index contributed by atoms with van der Waals surface area (Å²) in [6, 6.07) is 5.90. The summed E-state index contributed by atoms with van der Waals surface area (Å²) in [5.41, 5.74) is 0.590. The van der Waals surface area contributed by atoms with E-state index in [1.807, 2.05) is 13.8 Å². The highest BCUT2D eigenvalue weighted by atomic mass is 32.2. The number of carbonyl (C=O) groups is 3. The van der Waals surface area contributed by atoms with Crippen molar-refractivity contribution in [3.8, 4) is 0 Å². The molecule has 3 rings (SSSR count). The number of hydrogen-bond acceptors (Lipinski definition) is 5. The first kappa shape index (κ1) is 18.6. The lowest BCUT2D eigenvalue weighted by Gasteiger charge is -2.34. The number of rotatable bonds is 5. The SMILES string of the molecule is CC[C@@H](C)N(C(=O)CN1C(=O)c2ccccc2C1=O)[C@H]1CCS(=O)(=O)C1. The van der Waals surface area contributed by atoms with Crippen LogP contribution in [0.2, 0.25) is 0 Å². The molecule has 2 atom stereocenters. The van der Waals surface area contributed by atoms with Crippen molar-refractivity contribution in [2.75, 3.05) is 18.1 Å². The van der Waals surface area contributed by atoms with Crippen molar-refractivity contribution in [1.82, 2.24) is 9.80 Å². The standard InChI is InChI=1S/C18H22N2O5S/c1-3-12(2)20(13-8-9-26(24,25)11-13)16(21)10-19-17(22)14-6-4-5-7-15(14)18(19)23/h4-7,12-13H,3,8-11H2,1-2H3/t12-,13+/m1/s1. The fourth-order valence-electron chi connectivity index (χ4n) is 3.60.